The number of nitrogens with one attached hydrogen (secondary N) is 1. The third-order valence-corrected chi connectivity index (χ3v) is 5.10. The van der Waals surface area contributed by atoms with Crippen molar-refractivity contribution in [2.45, 2.75) is 12.5 Å². The van der Waals surface area contributed by atoms with E-state index in [0.29, 0.717) is 11.6 Å². The van der Waals surface area contributed by atoms with Crippen molar-refractivity contribution in [1.29, 1.82) is 0 Å². The highest BCUT2D eigenvalue weighted by Crippen LogP contribution is 2.37. The molecule has 25 heavy (non-hydrogen) atoms. The zero-order chi connectivity index (χ0) is 17.4. The first-order valence-corrected chi connectivity index (χ1v) is 8.54. The van der Waals surface area contributed by atoms with E-state index in [1.54, 1.807) is 29.0 Å². The summed E-state index contributed by atoms with van der Waals surface area (Å²) in [4.78, 5) is 10.6. The van der Waals surface area contributed by atoms with Gasteiger partial charge in [0.15, 0.2) is 5.65 Å². The zero-order valence-electron chi connectivity index (χ0n) is 13.7. The summed E-state index contributed by atoms with van der Waals surface area (Å²) in [5.74, 6) is 0.762. The molecule has 0 aliphatic carbocycles. The van der Waals surface area contributed by atoms with Crippen LogP contribution < -0.4 is 5.32 Å². The Morgan fingerprint density at radius 2 is 2.24 bits per heavy atom. The third-order valence-electron chi connectivity index (χ3n) is 4.79. The van der Waals surface area contributed by atoms with Crippen molar-refractivity contribution in [1.82, 2.24) is 24.5 Å². The average Bonchev–Trinajstić information content (AvgIpc) is 3.22. The van der Waals surface area contributed by atoms with Crippen LogP contribution in [0.1, 0.15) is 18.0 Å². The van der Waals surface area contributed by atoms with Crippen LogP contribution in [-0.2, 0) is 0 Å². The molecule has 3 heterocycles. The molecule has 6 nitrogen and oxygen atoms in total. The predicted octanol–water partition coefficient (Wildman–Crippen LogP) is 3.02. The van der Waals surface area contributed by atoms with Crippen LogP contribution in [0, 0.1) is 11.7 Å². The molecule has 2 unspecified atom stereocenters. The van der Waals surface area contributed by atoms with E-state index in [-0.39, 0.29) is 16.9 Å². The van der Waals surface area contributed by atoms with E-state index in [2.05, 4.69) is 32.3 Å². The molecule has 8 heteroatoms. The maximum atomic E-state index is 13.9. The lowest BCUT2D eigenvalue weighted by molar-refractivity contribution is 0.281. The van der Waals surface area contributed by atoms with Crippen molar-refractivity contribution in [3.63, 3.8) is 0 Å². The van der Waals surface area contributed by atoms with E-state index in [9.17, 15) is 4.39 Å². The van der Waals surface area contributed by atoms with Gasteiger partial charge in [0.2, 0.25) is 0 Å². The first-order valence-electron chi connectivity index (χ1n) is 8.16. The normalized spacial score (nSPS) is 21.1. The molecule has 1 aliphatic heterocycles. The van der Waals surface area contributed by atoms with E-state index < -0.39 is 0 Å². The summed E-state index contributed by atoms with van der Waals surface area (Å²) in [5.41, 5.74) is 1.65. The van der Waals surface area contributed by atoms with Gasteiger partial charge in [0.25, 0.3) is 0 Å². The van der Waals surface area contributed by atoms with Gasteiger partial charge in [-0.2, -0.15) is 9.61 Å². The van der Waals surface area contributed by atoms with Crippen LogP contribution in [0.4, 0.5) is 10.2 Å². The highest BCUT2D eigenvalue weighted by atomic mass is 35.5. The van der Waals surface area contributed by atoms with Gasteiger partial charge in [-0.3, -0.25) is 9.88 Å². The molecule has 0 bridgehead atoms. The molecule has 0 radical (unpaired) electrons. The number of anilines is 1. The minimum absolute atomic E-state index is 0.141. The van der Waals surface area contributed by atoms with Gasteiger partial charge in [0.05, 0.1) is 17.4 Å². The largest absolute Gasteiger partial charge is 0.368 e. The van der Waals surface area contributed by atoms with Gasteiger partial charge in [0.1, 0.15) is 18.0 Å². The molecule has 2 atom stereocenters. The van der Waals surface area contributed by atoms with E-state index >= 15 is 0 Å². The number of likely N-dealkylation sites (tertiary alicyclic amines) is 1. The first-order chi connectivity index (χ1) is 12.1. The number of benzene rings is 1. The lowest BCUT2D eigenvalue weighted by atomic mass is 9.93. The lowest BCUT2D eigenvalue weighted by Gasteiger charge is -2.26. The number of aromatic nitrogens is 4. The number of hydrogen-bond donors (Lipinski definition) is 1. The second-order valence-electron chi connectivity index (χ2n) is 6.35. The number of rotatable bonds is 4. The number of fused-ring (bicyclic) bond motifs is 1. The monoisotopic (exact) mass is 360 g/mol. The molecule has 0 amide bonds. The molecule has 2 aromatic heterocycles. The SMILES string of the molecule is CN1CCC(CNc2cncc3ncnn23)C1c1ccc(Cl)c(F)c1. The molecular formula is C17H18ClFN6. The fourth-order valence-electron chi connectivity index (χ4n) is 3.57. The van der Waals surface area contributed by atoms with Crippen molar-refractivity contribution in [3.8, 4) is 0 Å². The van der Waals surface area contributed by atoms with E-state index in [1.165, 1.54) is 6.33 Å². The van der Waals surface area contributed by atoms with Gasteiger partial charge in [-0.1, -0.05) is 17.7 Å². The molecule has 1 N–H and O–H groups in total. The van der Waals surface area contributed by atoms with Crippen LogP contribution in [0.3, 0.4) is 0 Å². The highest BCUT2D eigenvalue weighted by molar-refractivity contribution is 6.30. The highest BCUT2D eigenvalue weighted by Gasteiger charge is 2.33. The van der Waals surface area contributed by atoms with Gasteiger partial charge in [-0.05, 0) is 43.6 Å². The predicted molar refractivity (Wildman–Crippen MR) is 94.2 cm³/mol. The van der Waals surface area contributed by atoms with Crippen LogP contribution in [0.2, 0.25) is 5.02 Å². The van der Waals surface area contributed by atoms with Crippen molar-refractivity contribution in [2.75, 3.05) is 25.5 Å². The number of hydrogen-bond acceptors (Lipinski definition) is 5. The van der Waals surface area contributed by atoms with Crippen molar-refractivity contribution < 1.29 is 4.39 Å². The maximum absolute atomic E-state index is 13.9. The molecular weight excluding hydrogens is 343 g/mol. The fourth-order valence-corrected chi connectivity index (χ4v) is 3.69. The van der Waals surface area contributed by atoms with Crippen LogP contribution in [0.5, 0.6) is 0 Å². The standard InChI is InChI=1S/C17H18ClFN6/c1-24-5-4-12(17(24)11-2-3-13(18)14(19)6-11)7-21-15-8-20-9-16-22-10-23-25(15)16/h2-3,6,8-10,12,17,21H,4-5,7H2,1H3. The first kappa shape index (κ1) is 16.2. The quantitative estimate of drug-likeness (QED) is 0.775. The molecule has 130 valence electrons. The Bertz CT molecular complexity index is 898. The Balaban J connectivity index is 1.54. The lowest BCUT2D eigenvalue weighted by Crippen LogP contribution is -2.25. The van der Waals surface area contributed by atoms with E-state index in [4.69, 9.17) is 11.6 Å². The van der Waals surface area contributed by atoms with Crippen molar-refractivity contribution in [2.24, 2.45) is 5.92 Å². The van der Waals surface area contributed by atoms with Gasteiger partial charge < -0.3 is 5.32 Å². The van der Waals surface area contributed by atoms with Crippen molar-refractivity contribution in [3.05, 3.63) is 53.3 Å². The summed E-state index contributed by atoms with van der Waals surface area (Å²) < 4.78 is 15.6. The summed E-state index contributed by atoms with van der Waals surface area (Å²) >= 11 is 5.82. The summed E-state index contributed by atoms with van der Waals surface area (Å²) in [7, 11) is 2.07. The van der Waals surface area contributed by atoms with Crippen LogP contribution in [-0.4, -0.2) is 44.6 Å². The van der Waals surface area contributed by atoms with Crippen LogP contribution in [0.15, 0.2) is 36.9 Å². The van der Waals surface area contributed by atoms with Crippen LogP contribution in [0.25, 0.3) is 5.65 Å². The van der Waals surface area contributed by atoms with Crippen molar-refractivity contribution >= 4 is 23.1 Å². The fraction of sp³-hybridized carbons (Fsp3) is 0.353. The topological polar surface area (TPSA) is 58.3 Å². The van der Waals surface area contributed by atoms with E-state index in [0.717, 1.165) is 30.9 Å². The Morgan fingerprint density at radius 3 is 3.08 bits per heavy atom. The average molecular weight is 361 g/mol. The molecule has 3 aromatic rings. The molecule has 1 fully saturated rings. The maximum Gasteiger partial charge on any atom is 0.175 e. The molecule has 4 rings (SSSR count). The summed E-state index contributed by atoms with van der Waals surface area (Å²) in [6.45, 7) is 1.70. The summed E-state index contributed by atoms with van der Waals surface area (Å²) in [6.07, 6.45) is 5.93. The number of nitrogens with zero attached hydrogens (tertiary/aromatic N) is 5. The second-order valence-corrected chi connectivity index (χ2v) is 6.76. The third kappa shape index (κ3) is 3.05. The Hall–Kier alpha value is -2.25. The Kier molecular flexibility index (Phi) is 4.27. The molecule has 0 spiro atoms. The van der Waals surface area contributed by atoms with Gasteiger partial charge >= 0.3 is 0 Å². The smallest absolute Gasteiger partial charge is 0.175 e. The minimum Gasteiger partial charge on any atom is -0.368 e. The Morgan fingerprint density at radius 1 is 1.36 bits per heavy atom. The van der Waals surface area contributed by atoms with Crippen LogP contribution >= 0.6 is 11.6 Å². The van der Waals surface area contributed by atoms with Gasteiger partial charge in [-0.15, -0.1) is 0 Å². The zero-order valence-corrected chi connectivity index (χ0v) is 14.5. The Labute approximate surface area is 149 Å². The minimum atomic E-state index is -0.372. The summed E-state index contributed by atoms with van der Waals surface area (Å²) in [6, 6.07) is 5.22. The van der Waals surface area contributed by atoms with Gasteiger partial charge in [-0.25, -0.2) is 9.37 Å². The molecule has 1 aliphatic rings. The van der Waals surface area contributed by atoms with Gasteiger partial charge in [0, 0.05) is 12.6 Å². The molecule has 1 aromatic carbocycles. The van der Waals surface area contributed by atoms with E-state index in [1.807, 2.05) is 6.07 Å². The molecule has 0 saturated carbocycles. The number of halogens is 2. The summed E-state index contributed by atoms with van der Waals surface area (Å²) in [5, 5.41) is 7.77. The second kappa shape index (κ2) is 6.57. The molecule has 1 saturated heterocycles.